The first-order valence-electron chi connectivity index (χ1n) is 6.99. The predicted molar refractivity (Wildman–Crippen MR) is 78.6 cm³/mol. The average molecular weight is 294 g/mol. The SMILES string of the molecule is COc1ccnc(N2CCC(NC(=O)OC(C)(C)C)C2)n1. The third-order valence-electron chi connectivity index (χ3n) is 3.02. The molecular formula is C14H22N4O3. The van der Waals surface area contributed by atoms with Crippen LogP contribution in [0.1, 0.15) is 27.2 Å². The Hall–Kier alpha value is -2.05. The van der Waals surface area contributed by atoms with Crippen molar-refractivity contribution in [3.63, 3.8) is 0 Å². The standard InChI is InChI=1S/C14H22N4O3/c1-14(2,3)21-13(19)16-10-6-8-18(9-10)12-15-7-5-11(17-12)20-4/h5,7,10H,6,8-9H2,1-4H3,(H,16,19). The van der Waals surface area contributed by atoms with E-state index in [2.05, 4.69) is 15.3 Å². The van der Waals surface area contributed by atoms with Crippen molar-refractivity contribution in [1.29, 1.82) is 0 Å². The summed E-state index contributed by atoms with van der Waals surface area (Å²) in [5.74, 6) is 1.14. The zero-order chi connectivity index (χ0) is 15.5. The summed E-state index contributed by atoms with van der Waals surface area (Å²) >= 11 is 0. The molecule has 1 atom stereocenters. The van der Waals surface area contributed by atoms with Crippen LogP contribution in [0.5, 0.6) is 5.88 Å². The van der Waals surface area contributed by atoms with E-state index in [9.17, 15) is 4.79 Å². The number of rotatable bonds is 3. The van der Waals surface area contributed by atoms with Crippen LogP contribution in [-0.4, -0.2) is 47.9 Å². The Kier molecular flexibility index (Phi) is 4.50. The summed E-state index contributed by atoms with van der Waals surface area (Å²) in [5, 5.41) is 2.87. The number of nitrogens with one attached hydrogen (secondary N) is 1. The minimum atomic E-state index is -0.488. The van der Waals surface area contributed by atoms with Crippen molar-refractivity contribution in [3.8, 4) is 5.88 Å². The fraction of sp³-hybridized carbons (Fsp3) is 0.643. The van der Waals surface area contributed by atoms with Crippen molar-refractivity contribution in [2.24, 2.45) is 0 Å². The molecule has 0 aromatic carbocycles. The number of anilines is 1. The van der Waals surface area contributed by atoms with Gasteiger partial charge in [-0.2, -0.15) is 4.98 Å². The highest BCUT2D eigenvalue weighted by atomic mass is 16.6. The number of hydrogen-bond acceptors (Lipinski definition) is 6. The van der Waals surface area contributed by atoms with E-state index in [1.54, 1.807) is 19.4 Å². The van der Waals surface area contributed by atoms with Crippen LogP contribution in [0.4, 0.5) is 10.7 Å². The van der Waals surface area contributed by atoms with E-state index < -0.39 is 5.60 Å². The highest BCUT2D eigenvalue weighted by Gasteiger charge is 2.27. The molecule has 0 spiro atoms. The lowest BCUT2D eigenvalue weighted by molar-refractivity contribution is 0.0509. The van der Waals surface area contributed by atoms with Crippen LogP contribution in [0, 0.1) is 0 Å². The summed E-state index contributed by atoms with van der Waals surface area (Å²) in [6.07, 6.45) is 2.11. The summed E-state index contributed by atoms with van der Waals surface area (Å²) in [7, 11) is 1.57. The zero-order valence-corrected chi connectivity index (χ0v) is 12.9. The van der Waals surface area contributed by atoms with E-state index >= 15 is 0 Å². The highest BCUT2D eigenvalue weighted by molar-refractivity contribution is 5.68. The average Bonchev–Trinajstić information content (AvgIpc) is 2.85. The molecule has 1 fully saturated rings. The molecule has 0 saturated carbocycles. The molecule has 2 heterocycles. The maximum atomic E-state index is 11.8. The Morgan fingerprint density at radius 3 is 2.90 bits per heavy atom. The van der Waals surface area contributed by atoms with Crippen LogP contribution < -0.4 is 15.0 Å². The smallest absolute Gasteiger partial charge is 0.407 e. The molecule has 0 radical (unpaired) electrons. The molecule has 7 heteroatoms. The van der Waals surface area contributed by atoms with Crippen molar-refractivity contribution in [3.05, 3.63) is 12.3 Å². The third kappa shape index (κ3) is 4.47. The number of hydrogen-bond donors (Lipinski definition) is 1. The quantitative estimate of drug-likeness (QED) is 0.912. The highest BCUT2D eigenvalue weighted by Crippen LogP contribution is 2.18. The minimum Gasteiger partial charge on any atom is -0.481 e. The van der Waals surface area contributed by atoms with Gasteiger partial charge in [0, 0.05) is 25.4 Å². The molecule has 1 aliphatic heterocycles. The summed E-state index contributed by atoms with van der Waals surface area (Å²) < 4.78 is 10.4. The number of carbonyl (C=O) groups is 1. The first-order chi connectivity index (χ1) is 9.87. The summed E-state index contributed by atoms with van der Waals surface area (Å²) in [6.45, 7) is 6.98. The van der Waals surface area contributed by atoms with Crippen molar-refractivity contribution in [2.45, 2.75) is 38.8 Å². The largest absolute Gasteiger partial charge is 0.481 e. The molecule has 7 nitrogen and oxygen atoms in total. The second kappa shape index (κ2) is 6.15. The molecular weight excluding hydrogens is 272 g/mol. The number of amides is 1. The normalized spacial score (nSPS) is 18.5. The van der Waals surface area contributed by atoms with E-state index in [-0.39, 0.29) is 12.1 Å². The Labute approximate surface area is 124 Å². The second-order valence-corrected chi connectivity index (χ2v) is 5.98. The van der Waals surface area contributed by atoms with Gasteiger partial charge in [0.1, 0.15) is 5.60 Å². The molecule has 1 aromatic rings. The van der Waals surface area contributed by atoms with Gasteiger partial charge in [-0.1, -0.05) is 0 Å². The molecule has 1 amide bonds. The first-order valence-corrected chi connectivity index (χ1v) is 6.99. The topological polar surface area (TPSA) is 76.6 Å². The van der Waals surface area contributed by atoms with Gasteiger partial charge in [-0.25, -0.2) is 9.78 Å². The molecule has 21 heavy (non-hydrogen) atoms. The number of methoxy groups -OCH3 is 1. The van der Waals surface area contributed by atoms with E-state index in [4.69, 9.17) is 9.47 Å². The molecule has 2 rings (SSSR count). The van der Waals surface area contributed by atoms with Gasteiger partial charge in [-0.05, 0) is 27.2 Å². The maximum absolute atomic E-state index is 11.8. The Bertz CT molecular complexity index is 501. The lowest BCUT2D eigenvalue weighted by atomic mass is 10.2. The summed E-state index contributed by atoms with van der Waals surface area (Å²) in [6, 6.07) is 1.74. The van der Waals surface area contributed by atoms with E-state index in [0.29, 0.717) is 18.4 Å². The molecule has 1 unspecified atom stereocenters. The number of carbonyl (C=O) groups excluding carboxylic acids is 1. The molecule has 1 aliphatic rings. The molecule has 1 aromatic heterocycles. The van der Waals surface area contributed by atoms with Gasteiger partial charge in [-0.3, -0.25) is 0 Å². The Morgan fingerprint density at radius 1 is 1.48 bits per heavy atom. The van der Waals surface area contributed by atoms with Gasteiger partial charge in [0.2, 0.25) is 11.8 Å². The van der Waals surface area contributed by atoms with Gasteiger partial charge in [-0.15, -0.1) is 0 Å². The van der Waals surface area contributed by atoms with Crippen LogP contribution in [-0.2, 0) is 4.74 Å². The summed E-state index contributed by atoms with van der Waals surface area (Å²) in [5.41, 5.74) is -0.488. The number of ether oxygens (including phenoxy) is 2. The summed E-state index contributed by atoms with van der Waals surface area (Å²) in [4.78, 5) is 22.3. The van der Waals surface area contributed by atoms with Crippen LogP contribution in [0.2, 0.25) is 0 Å². The third-order valence-corrected chi connectivity index (χ3v) is 3.02. The minimum absolute atomic E-state index is 0.0367. The first kappa shape index (κ1) is 15.3. The Balaban J connectivity index is 1.90. The molecule has 0 bridgehead atoms. The van der Waals surface area contributed by atoms with Gasteiger partial charge in [0.25, 0.3) is 0 Å². The van der Waals surface area contributed by atoms with E-state index in [1.807, 2.05) is 25.7 Å². The Morgan fingerprint density at radius 2 is 2.24 bits per heavy atom. The van der Waals surface area contributed by atoms with E-state index in [0.717, 1.165) is 13.0 Å². The van der Waals surface area contributed by atoms with Crippen molar-refractivity contribution < 1.29 is 14.3 Å². The fourth-order valence-electron chi connectivity index (χ4n) is 2.13. The van der Waals surface area contributed by atoms with E-state index in [1.165, 1.54) is 0 Å². The van der Waals surface area contributed by atoms with Crippen molar-refractivity contribution in [2.75, 3.05) is 25.1 Å². The van der Waals surface area contributed by atoms with Crippen molar-refractivity contribution >= 4 is 12.0 Å². The zero-order valence-electron chi connectivity index (χ0n) is 12.9. The predicted octanol–water partition coefficient (Wildman–Crippen LogP) is 1.59. The monoisotopic (exact) mass is 294 g/mol. The molecule has 116 valence electrons. The van der Waals surface area contributed by atoms with Crippen LogP contribution in [0.25, 0.3) is 0 Å². The number of aromatic nitrogens is 2. The molecule has 0 aliphatic carbocycles. The van der Waals surface area contributed by atoms with Gasteiger partial charge < -0.3 is 19.7 Å². The second-order valence-electron chi connectivity index (χ2n) is 5.98. The fourth-order valence-corrected chi connectivity index (χ4v) is 2.13. The number of nitrogens with zero attached hydrogens (tertiary/aromatic N) is 3. The van der Waals surface area contributed by atoms with Gasteiger partial charge in [0.15, 0.2) is 0 Å². The lowest BCUT2D eigenvalue weighted by Gasteiger charge is -2.22. The van der Waals surface area contributed by atoms with Crippen molar-refractivity contribution in [1.82, 2.24) is 15.3 Å². The maximum Gasteiger partial charge on any atom is 0.407 e. The van der Waals surface area contributed by atoms with Gasteiger partial charge in [0.05, 0.1) is 13.2 Å². The van der Waals surface area contributed by atoms with Crippen LogP contribution >= 0.6 is 0 Å². The molecule has 1 saturated heterocycles. The number of alkyl carbamates (subject to hydrolysis) is 1. The van der Waals surface area contributed by atoms with Crippen LogP contribution in [0.3, 0.4) is 0 Å². The van der Waals surface area contributed by atoms with Crippen LogP contribution in [0.15, 0.2) is 12.3 Å². The van der Waals surface area contributed by atoms with Gasteiger partial charge >= 0.3 is 6.09 Å². The lowest BCUT2D eigenvalue weighted by Crippen LogP contribution is -2.40. The molecule has 1 N–H and O–H groups in total.